The second-order valence-corrected chi connectivity index (χ2v) is 12.8. The Hall–Kier alpha value is -3.50. The van der Waals surface area contributed by atoms with E-state index in [-0.39, 0.29) is 29.1 Å². The number of amides is 2. The number of rotatable bonds is 14. The van der Waals surface area contributed by atoms with E-state index in [9.17, 15) is 18.0 Å². The predicted octanol–water partition coefficient (Wildman–Crippen LogP) is 5.64. The van der Waals surface area contributed by atoms with Crippen molar-refractivity contribution in [1.29, 1.82) is 0 Å². The molecule has 10 heteroatoms. The molecule has 0 aromatic heterocycles. The van der Waals surface area contributed by atoms with Crippen LogP contribution < -0.4 is 14.4 Å². The fourth-order valence-electron chi connectivity index (χ4n) is 4.38. The molecule has 0 heterocycles. The smallest absolute Gasteiger partial charge is 0.264 e. The van der Waals surface area contributed by atoms with Crippen molar-refractivity contribution in [2.24, 2.45) is 0 Å². The van der Waals surface area contributed by atoms with Gasteiger partial charge in [0.1, 0.15) is 18.3 Å². The first-order valence-electron chi connectivity index (χ1n) is 14.1. The quantitative estimate of drug-likeness (QED) is 0.237. The van der Waals surface area contributed by atoms with E-state index in [0.717, 1.165) is 26.7 Å². The summed E-state index contributed by atoms with van der Waals surface area (Å²) in [5.41, 5.74) is 2.09. The molecule has 0 radical (unpaired) electrons. The van der Waals surface area contributed by atoms with Gasteiger partial charge in [0.2, 0.25) is 11.8 Å². The molecule has 0 aliphatic carbocycles. The van der Waals surface area contributed by atoms with E-state index in [1.807, 2.05) is 58.2 Å². The number of nitrogens with zero attached hydrogens (tertiary/aromatic N) is 2. The third-order valence-corrected chi connectivity index (χ3v) is 9.48. The highest BCUT2D eigenvalue weighted by atomic mass is 32.2. The summed E-state index contributed by atoms with van der Waals surface area (Å²) in [4.78, 5) is 29.8. The number of nitrogens with one attached hydrogen (secondary N) is 1. The van der Waals surface area contributed by atoms with Crippen LogP contribution in [-0.2, 0) is 26.2 Å². The molecule has 3 rings (SSSR count). The number of benzene rings is 3. The Bertz CT molecular complexity index is 1460. The Morgan fingerprint density at radius 1 is 0.976 bits per heavy atom. The van der Waals surface area contributed by atoms with Crippen LogP contribution in [0.3, 0.4) is 0 Å². The lowest BCUT2D eigenvalue weighted by atomic mass is 10.1. The monoisotopic (exact) mass is 611 g/mol. The lowest BCUT2D eigenvalue weighted by Crippen LogP contribution is -2.52. The molecule has 2 atom stereocenters. The molecule has 1 N–H and O–H groups in total. The summed E-state index contributed by atoms with van der Waals surface area (Å²) >= 11 is 1.50. The van der Waals surface area contributed by atoms with Crippen LogP contribution in [-0.4, -0.2) is 56.6 Å². The molecule has 3 aromatic carbocycles. The van der Waals surface area contributed by atoms with Gasteiger partial charge in [-0.3, -0.25) is 13.9 Å². The average Bonchev–Trinajstić information content (AvgIpc) is 2.98. The highest BCUT2D eigenvalue weighted by molar-refractivity contribution is 7.98. The van der Waals surface area contributed by atoms with Gasteiger partial charge in [0, 0.05) is 17.5 Å². The van der Waals surface area contributed by atoms with Crippen LogP contribution in [0.4, 0.5) is 5.69 Å². The Kier molecular flexibility index (Phi) is 11.9. The second kappa shape index (κ2) is 15.1. The average molecular weight is 612 g/mol. The van der Waals surface area contributed by atoms with Crippen molar-refractivity contribution >= 4 is 39.3 Å². The van der Waals surface area contributed by atoms with Crippen LogP contribution in [0.15, 0.2) is 82.6 Å². The molecular formula is C32H41N3O5S2. The number of carbonyl (C=O) groups excluding carboxylic acids is 2. The highest BCUT2D eigenvalue weighted by Crippen LogP contribution is 2.33. The van der Waals surface area contributed by atoms with Crippen molar-refractivity contribution < 1.29 is 22.7 Å². The van der Waals surface area contributed by atoms with Gasteiger partial charge in [0.15, 0.2) is 0 Å². The first-order chi connectivity index (χ1) is 20.0. The third kappa shape index (κ3) is 8.29. The summed E-state index contributed by atoms with van der Waals surface area (Å²) in [6.07, 6.45) is 2.65. The maximum Gasteiger partial charge on any atom is 0.264 e. The second-order valence-electron chi connectivity index (χ2n) is 10.1. The molecule has 8 nitrogen and oxygen atoms in total. The first kappa shape index (κ1) is 33.0. The lowest BCUT2D eigenvalue weighted by molar-refractivity contribution is -0.139. The molecule has 226 valence electrons. The van der Waals surface area contributed by atoms with Crippen molar-refractivity contribution in [3.05, 3.63) is 83.9 Å². The Labute approximate surface area is 254 Å². The number of aryl methyl sites for hydroxylation is 1. The zero-order valence-corrected chi connectivity index (χ0v) is 26.8. The van der Waals surface area contributed by atoms with Crippen LogP contribution in [0.5, 0.6) is 5.75 Å². The number of ether oxygens (including phenoxy) is 1. The zero-order chi connectivity index (χ0) is 30.9. The van der Waals surface area contributed by atoms with Gasteiger partial charge in [0.05, 0.1) is 17.2 Å². The molecular weight excluding hydrogens is 571 g/mol. The fraction of sp³-hybridized carbons (Fsp3) is 0.375. The molecule has 3 aromatic rings. The Morgan fingerprint density at radius 3 is 2.29 bits per heavy atom. The summed E-state index contributed by atoms with van der Waals surface area (Å²) in [5.74, 6) is -0.481. The van der Waals surface area contributed by atoms with Crippen LogP contribution in [0.25, 0.3) is 0 Å². The van der Waals surface area contributed by atoms with Crippen molar-refractivity contribution in [2.45, 2.75) is 69.5 Å². The lowest BCUT2D eigenvalue weighted by Gasteiger charge is -2.33. The number of hydrogen-bond acceptors (Lipinski definition) is 6. The van der Waals surface area contributed by atoms with E-state index in [0.29, 0.717) is 12.4 Å². The van der Waals surface area contributed by atoms with Gasteiger partial charge in [0.25, 0.3) is 10.0 Å². The minimum absolute atomic E-state index is 0.0483. The maximum atomic E-state index is 14.2. The molecule has 0 fully saturated rings. The van der Waals surface area contributed by atoms with Gasteiger partial charge in [-0.25, -0.2) is 8.42 Å². The van der Waals surface area contributed by atoms with E-state index < -0.39 is 28.5 Å². The SMILES string of the molecule is CCOc1ccccc1N(CC(=O)N(Cc1cccc(C)c1)[C@H](C)C(=O)N[C@@H](C)CC)S(=O)(=O)c1ccc(SC)cc1. The van der Waals surface area contributed by atoms with Crippen LogP contribution in [0.1, 0.15) is 45.2 Å². The van der Waals surface area contributed by atoms with Gasteiger partial charge in [-0.2, -0.15) is 0 Å². The van der Waals surface area contributed by atoms with E-state index in [1.54, 1.807) is 43.3 Å². The number of carbonyl (C=O) groups is 2. The van der Waals surface area contributed by atoms with Crippen LogP contribution in [0, 0.1) is 6.92 Å². The van der Waals surface area contributed by atoms with Gasteiger partial charge >= 0.3 is 0 Å². The molecule has 0 bridgehead atoms. The Balaban J connectivity index is 2.08. The van der Waals surface area contributed by atoms with E-state index in [4.69, 9.17) is 4.74 Å². The molecule has 0 unspecified atom stereocenters. The number of sulfonamides is 1. The summed E-state index contributed by atoms with van der Waals surface area (Å²) in [5, 5.41) is 2.95. The topological polar surface area (TPSA) is 96.0 Å². The number of para-hydroxylation sites is 2. The molecule has 2 amide bonds. The highest BCUT2D eigenvalue weighted by Gasteiger charge is 2.34. The van der Waals surface area contributed by atoms with Gasteiger partial charge < -0.3 is 15.0 Å². The maximum absolute atomic E-state index is 14.2. The minimum Gasteiger partial charge on any atom is -0.492 e. The van der Waals surface area contributed by atoms with Crippen LogP contribution in [0.2, 0.25) is 0 Å². The zero-order valence-electron chi connectivity index (χ0n) is 25.2. The van der Waals surface area contributed by atoms with Crippen molar-refractivity contribution in [1.82, 2.24) is 10.2 Å². The molecule has 0 spiro atoms. The number of thioether (sulfide) groups is 1. The van der Waals surface area contributed by atoms with E-state index in [1.165, 1.54) is 28.8 Å². The predicted molar refractivity (Wildman–Crippen MR) is 169 cm³/mol. The number of anilines is 1. The first-order valence-corrected chi connectivity index (χ1v) is 16.7. The standard InChI is InChI=1S/C32H41N3O5S2/c1-7-24(4)33-32(37)25(5)34(21-26-13-11-12-23(3)20-26)31(36)22-35(29-14-9-10-15-30(29)40-8-2)42(38,39)28-18-16-27(41-6)17-19-28/h9-20,24-25H,7-8,21-22H2,1-6H3,(H,33,37)/t24-,25+/m0/s1. The minimum atomic E-state index is -4.20. The molecule has 0 aliphatic rings. The van der Waals surface area contributed by atoms with Crippen molar-refractivity contribution in [2.75, 3.05) is 23.7 Å². The van der Waals surface area contributed by atoms with E-state index >= 15 is 0 Å². The van der Waals surface area contributed by atoms with Gasteiger partial charge in [-0.15, -0.1) is 11.8 Å². The molecule has 0 saturated carbocycles. The fourth-order valence-corrected chi connectivity index (χ4v) is 6.22. The summed E-state index contributed by atoms with van der Waals surface area (Å²) in [6, 6.07) is 20.1. The Morgan fingerprint density at radius 2 is 1.67 bits per heavy atom. The largest absolute Gasteiger partial charge is 0.492 e. The van der Waals surface area contributed by atoms with E-state index in [2.05, 4.69) is 5.32 Å². The number of hydrogen-bond donors (Lipinski definition) is 1. The normalized spacial score (nSPS) is 12.7. The summed E-state index contributed by atoms with van der Waals surface area (Å²) < 4.78 is 35.2. The molecule has 0 aliphatic heterocycles. The summed E-state index contributed by atoms with van der Waals surface area (Å²) in [6.45, 7) is 9.23. The third-order valence-electron chi connectivity index (χ3n) is 6.96. The van der Waals surface area contributed by atoms with Gasteiger partial charge in [-0.1, -0.05) is 48.9 Å². The van der Waals surface area contributed by atoms with Gasteiger partial charge in [-0.05, 0) is 82.3 Å². The van der Waals surface area contributed by atoms with Crippen molar-refractivity contribution in [3.63, 3.8) is 0 Å². The van der Waals surface area contributed by atoms with Crippen molar-refractivity contribution in [3.8, 4) is 5.75 Å². The molecule has 42 heavy (non-hydrogen) atoms. The molecule has 0 saturated heterocycles. The summed E-state index contributed by atoms with van der Waals surface area (Å²) in [7, 11) is -4.20. The van der Waals surface area contributed by atoms with Crippen LogP contribution >= 0.6 is 11.8 Å².